The molecule has 1 amide bonds. The van der Waals surface area contributed by atoms with E-state index < -0.39 is 0 Å². The summed E-state index contributed by atoms with van der Waals surface area (Å²) in [4.78, 5) is 18.8. The van der Waals surface area contributed by atoms with Crippen LogP contribution in [0.4, 0.5) is 11.4 Å². The Balaban J connectivity index is 1.74. The maximum Gasteiger partial charge on any atom is 0.257 e. The molecule has 1 fully saturated rings. The van der Waals surface area contributed by atoms with E-state index in [9.17, 15) is 4.79 Å². The van der Waals surface area contributed by atoms with Crippen LogP contribution in [0, 0.1) is 0 Å². The van der Waals surface area contributed by atoms with Crippen molar-refractivity contribution in [1.82, 2.24) is 4.98 Å². The van der Waals surface area contributed by atoms with E-state index in [4.69, 9.17) is 9.47 Å². The summed E-state index contributed by atoms with van der Waals surface area (Å²) < 4.78 is 10.5. The Kier molecular flexibility index (Phi) is 4.73. The van der Waals surface area contributed by atoms with Crippen molar-refractivity contribution in [3.8, 4) is 5.75 Å². The highest BCUT2D eigenvalue weighted by Gasteiger charge is 2.14. The third kappa shape index (κ3) is 3.78. The van der Waals surface area contributed by atoms with Gasteiger partial charge in [-0.15, -0.1) is 0 Å². The Morgan fingerprint density at radius 1 is 1.26 bits per heavy atom. The first kappa shape index (κ1) is 15.3. The summed E-state index contributed by atoms with van der Waals surface area (Å²) >= 11 is 0. The second-order valence-corrected chi connectivity index (χ2v) is 5.22. The van der Waals surface area contributed by atoms with E-state index in [2.05, 4.69) is 15.2 Å². The number of rotatable bonds is 4. The highest BCUT2D eigenvalue weighted by atomic mass is 16.5. The van der Waals surface area contributed by atoms with Gasteiger partial charge in [0.15, 0.2) is 0 Å². The number of anilines is 2. The summed E-state index contributed by atoms with van der Waals surface area (Å²) in [6.45, 7) is 3.01. The molecule has 2 aromatic rings. The smallest absolute Gasteiger partial charge is 0.257 e. The monoisotopic (exact) mass is 313 g/mol. The maximum absolute atomic E-state index is 12.4. The van der Waals surface area contributed by atoms with Gasteiger partial charge in [0.25, 0.3) is 5.91 Å². The number of benzene rings is 1. The largest absolute Gasteiger partial charge is 0.497 e. The zero-order valence-electron chi connectivity index (χ0n) is 13.0. The van der Waals surface area contributed by atoms with E-state index in [-0.39, 0.29) is 5.91 Å². The van der Waals surface area contributed by atoms with Crippen LogP contribution in [-0.4, -0.2) is 44.3 Å². The first-order valence-corrected chi connectivity index (χ1v) is 7.49. The number of methoxy groups -OCH3 is 1. The zero-order chi connectivity index (χ0) is 16.1. The zero-order valence-corrected chi connectivity index (χ0v) is 13.0. The summed E-state index contributed by atoms with van der Waals surface area (Å²) in [5.41, 5.74) is 2.15. The minimum Gasteiger partial charge on any atom is -0.497 e. The molecule has 1 aliphatic rings. The van der Waals surface area contributed by atoms with Crippen molar-refractivity contribution in [2.45, 2.75) is 0 Å². The van der Waals surface area contributed by atoms with E-state index in [1.165, 1.54) is 0 Å². The topological polar surface area (TPSA) is 63.7 Å². The molecule has 2 heterocycles. The van der Waals surface area contributed by atoms with Crippen LogP contribution >= 0.6 is 0 Å². The lowest BCUT2D eigenvalue weighted by Gasteiger charge is -2.28. The van der Waals surface area contributed by atoms with Crippen LogP contribution in [0.5, 0.6) is 5.75 Å². The fourth-order valence-electron chi connectivity index (χ4n) is 2.45. The molecule has 3 rings (SSSR count). The molecule has 0 unspecified atom stereocenters. The quantitative estimate of drug-likeness (QED) is 0.937. The van der Waals surface area contributed by atoms with Crippen LogP contribution < -0.4 is 15.0 Å². The molecule has 1 aliphatic heterocycles. The summed E-state index contributed by atoms with van der Waals surface area (Å²) in [6.07, 6.45) is 3.34. The number of nitrogens with zero attached hydrogens (tertiary/aromatic N) is 2. The lowest BCUT2D eigenvalue weighted by molar-refractivity contribution is 0.102. The van der Waals surface area contributed by atoms with E-state index >= 15 is 0 Å². The molecule has 23 heavy (non-hydrogen) atoms. The standard InChI is InChI=1S/C17H19N3O3/c1-22-16-4-2-3-14(10-16)19-17(21)13-9-15(12-18-11-13)20-5-7-23-8-6-20/h2-4,9-12H,5-8H2,1H3,(H,19,21). The molecule has 0 spiro atoms. The lowest BCUT2D eigenvalue weighted by Crippen LogP contribution is -2.36. The van der Waals surface area contributed by atoms with Gasteiger partial charge in [0, 0.05) is 31.0 Å². The number of aromatic nitrogens is 1. The van der Waals surface area contributed by atoms with Crippen LogP contribution in [0.2, 0.25) is 0 Å². The lowest BCUT2D eigenvalue weighted by atomic mass is 10.2. The molecule has 120 valence electrons. The van der Waals surface area contributed by atoms with E-state index in [0.717, 1.165) is 18.8 Å². The number of hydrogen-bond acceptors (Lipinski definition) is 5. The number of hydrogen-bond donors (Lipinski definition) is 1. The Morgan fingerprint density at radius 2 is 2.09 bits per heavy atom. The number of carbonyl (C=O) groups excluding carboxylic acids is 1. The third-order valence-electron chi connectivity index (χ3n) is 3.69. The van der Waals surface area contributed by atoms with Crippen LogP contribution in [-0.2, 0) is 4.74 Å². The third-order valence-corrected chi connectivity index (χ3v) is 3.69. The molecule has 1 aromatic carbocycles. The number of pyridine rings is 1. The fraction of sp³-hybridized carbons (Fsp3) is 0.294. The van der Waals surface area contributed by atoms with Gasteiger partial charge in [0.2, 0.25) is 0 Å². The Bertz CT molecular complexity index is 684. The van der Waals surface area contributed by atoms with Gasteiger partial charge in [-0.2, -0.15) is 0 Å². The summed E-state index contributed by atoms with van der Waals surface area (Å²) in [5.74, 6) is 0.504. The summed E-state index contributed by atoms with van der Waals surface area (Å²) in [7, 11) is 1.59. The van der Waals surface area contributed by atoms with Crippen molar-refractivity contribution in [3.63, 3.8) is 0 Å². The van der Waals surface area contributed by atoms with Gasteiger partial charge in [-0.05, 0) is 18.2 Å². The van der Waals surface area contributed by atoms with Gasteiger partial charge < -0.3 is 19.7 Å². The van der Waals surface area contributed by atoms with Crippen LogP contribution in [0.15, 0.2) is 42.7 Å². The molecule has 0 bridgehead atoms. The molecular formula is C17H19N3O3. The number of ether oxygens (including phenoxy) is 2. The van der Waals surface area contributed by atoms with Gasteiger partial charge in [0.1, 0.15) is 5.75 Å². The van der Waals surface area contributed by atoms with E-state index in [1.54, 1.807) is 25.6 Å². The molecule has 6 heteroatoms. The maximum atomic E-state index is 12.4. The van der Waals surface area contributed by atoms with Crippen LogP contribution in [0.25, 0.3) is 0 Å². The van der Waals surface area contributed by atoms with Crippen molar-refractivity contribution in [3.05, 3.63) is 48.3 Å². The average molecular weight is 313 g/mol. The second-order valence-electron chi connectivity index (χ2n) is 5.22. The van der Waals surface area contributed by atoms with Gasteiger partial charge in [-0.25, -0.2) is 0 Å². The minimum atomic E-state index is -0.194. The summed E-state index contributed by atoms with van der Waals surface area (Å²) in [5, 5.41) is 2.86. The number of nitrogens with one attached hydrogen (secondary N) is 1. The predicted octanol–water partition coefficient (Wildman–Crippen LogP) is 2.18. The highest BCUT2D eigenvalue weighted by Crippen LogP contribution is 2.19. The van der Waals surface area contributed by atoms with Crippen molar-refractivity contribution >= 4 is 17.3 Å². The van der Waals surface area contributed by atoms with Crippen molar-refractivity contribution in [2.75, 3.05) is 43.6 Å². The molecule has 1 aromatic heterocycles. The van der Waals surface area contributed by atoms with E-state index in [0.29, 0.717) is 30.2 Å². The second kappa shape index (κ2) is 7.11. The Morgan fingerprint density at radius 3 is 2.87 bits per heavy atom. The van der Waals surface area contributed by atoms with Gasteiger partial charge in [0.05, 0.1) is 37.8 Å². The molecule has 1 saturated heterocycles. The predicted molar refractivity (Wildman–Crippen MR) is 88.2 cm³/mol. The van der Waals surface area contributed by atoms with Gasteiger partial charge in [-0.3, -0.25) is 9.78 Å². The number of amides is 1. The van der Waals surface area contributed by atoms with Gasteiger partial charge >= 0.3 is 0 Å². The molecule has 0 radical (unpaired) electrons. The summed E-state index contributed by atoms with van der Waals surface area (Å²) in [6, 6.07) is 9.11. The molecule has 0 aliphatic carbocycles. The SMILES string of the molecule is COc1cccc(NC(=O)c2cncc(N3CCOCC3)c2)c1. The van der Waals surface area contributed by atoms with Crippen molar-refractivity contribution in [1.29, 1.82) is 0 Å². The van der Waals surface area contributed by atoms with Crippen molar-refractivity contribution in [2.24, 2.45) is 0 Å². The number of carbonyl (C=O) groups is 1. The molecule has 0 atom stereocenters. The molecule has 1 N–H and O–H groups in total. The molecular weight excluding hydrogens is 294 g/mol. The van der Waals surface area contributed by atoms with Crippen LogP contribution in [0.1, 0.15) is 10.4 Å². The van der Waals surface area contributed by atoms with E-state index in [1.807, 2.05) is 24.3 Å². The fourth-order valence-corrected chi connectivity index (χ4v) is 2.45. The average Bonchev–Trinajstić information content (AvgIpc) is 2.63. The molecule has 6 nitrogen and oxygen atoms in total. The molecule has 0 saturated carbocycles. The van der Waals surface area contributed by atoms with Crippen molar-refractivity contribution < 1.29 is 14.3 Å². The van der Waals surface area contributed by atoms with Gasteiger partial charge in [-0.1, -0.05) is 6.07 Å². The van der Waals surface area contributed by atoms with Crippen LogP contribution in [0.3, 0.4) is 0 Å². The Hall–Kier alpha value is -2.60. The normalized spacial score (nSPS) is 14.4. The Labute approximate surface area is 135 Å². The first-order chi connectivity index (χ1) is 11.3. The minimum absolute atomic E-state index is 0.194. The number of morpholine rings is 1. The highest BCUT2D eigenvalue weighted by molar-refractivity contribution is 6.04. The first-order valence-electron chi connectivity index (χ1n) is 7.49.